The van der Waals surface area contributed by atoms with E-state index >= 15 is 0 Å². The lowest BCUT2D eigenvalue weighted by atomic mass is 10.3. The first-order valence-corrected chi connectivity index (χ1v) is 6.22. The summed E-state index contributed by atoms with van der Waals surface area (Å²) in [4.78, 5) is 16.7. The van der Waals surface area contributed by atoms with Gasteiger partial charge in [0.15, 0.2) is 0 Å². The minimum Gasteiger partial charge on any atom is -0.472 e. The molecule has 2 aromatic heterocycles. The van der Waals surface area contributed by atoms with Gasteiger partial charge in [0.2, 0.25) is 0 Å². The van der Waals surface area contributed by atoms with Crippen LogP contribution in [0.5, 0.6) is 0 Å². The van der Waals surface area contributed by atoms with Gasteiger partial charge < -0.3 is 14.6 Å². The number of nitrogens with zero attached hydrogens (tertiary/aromatic N) is 3. The van der Waals surface area contributed by atoms with Gasteiger partial charge in [-0.25, -0.2) is 4.98 Å². The van der Waals surface area contributed by atoms with Crippen LogP contribution in [0.25, 0.3) is 0 Å². The average Bonchev–Trinajstić information content (AvgIpc) is 2.91. The van der Waals surface area contributed by atoms with E-state index in [0.29, 0.717) is 24.7 Å². The summed E-state index contributed by atoms with van der Waals surface area (Å²) in [6.07, 6.45) is 3.23. The summed E-state index contributed by atoms with van der Waals surface area (Å²) in [7, 11) is 1.83. The second-order valence-corrected chi connectivity index (χ2v) is 4.34. The predicted octanol–water partition coefficient (Wildman–Crippen LogP) is 2.65. The van der Waals surface area contributed by atoms with Crippen LogP contribution in [0.3, 0.4) is 0 Å². The smallest absolute Gasteiger partial charge is 0.276 e. The largest absolute Gasteiger partial charge is 0.472 e. The van der Waals surface area contributed by atoms with Gasteiger partial charge in [0.25, 0.3) is 5.69 Å². The Kier molecular flexibility index (Phi) is 4.19. The van der Waals surface area contributed by atoms with Crippen molar-refractivity contribution in [3.05, 3.63) is 46.4 Å². The molecule has 0 aliphatic carbocycles. The zero-order valence-corrected chi connectivity index (χ0v) is 11.4. The summed E-state index contributed by atoms with van der Waals surface area (Å²) in [6, 6.07) is 4.73. The van der Waals surface area contributed by atoms with E-state index in [1.165, 1.54) is 12.1 Å². The van der Waals surface area contributed by atoms with E-state index in [9.17, 15) is 10.1 Å². The number of hydrogen-bond acceptors (Lipinski definition) is 6. The minimum absolute atomic E-state index is 0.0185. The van der Waals surface area contributed by atoms with Crippen LogP contribution in [-0.2, 0) is 6.54 Å². The Labute approximate surface area is 116 Å². The average molecular weight is 276 g/mol. The molecule has 0 unspecified atom stereocenters. The fourth-order valence-corrected chi connectivity index (χ4v) is 1.81. The Hall–Kier alpha value is -2.57. The van der Waals surface area contributed by atoms with Crippen molar-refractivity contribution in [2.45, 2.75) is 13.5 Å². The summed E-state index contributed by atoms with van der Waals surface area (Å²) in [5.74, 6) is 1.03. The monoisotopic (exact) mass is 276 g/mol. The number of furan rings is 1. The van der Waals surface area contributed by atoms with E-state index in [-0.39, 0.29) is 5.69 Å². The molecule has 1 N–H and O–H groups in total. The van der Waals surface area contributed by atoms with Gasteiger partial charge in [-0.2, -0.15) is 0 Å². The third-order valence-electron chi connectivity index (χ3n) is 2.76. The van der Waals surface area contributed by atoms with Gasteiger partial charge in [-0.3, -0.25) is 10.1 Å². The SMILES string of the molecule is CCNc1cc([N+](=O)[O-])cc(N(C)Cc2ccoc2)n1. The molecule has 7 heteroatoms. The fourth-order valence-electron chi connectivity index (χ4n) is 1.81. The van der Waals surface area contributed by atoms with Gasteiger partial charge in [0, 0.05) is 25.7 Å². The van der Waals surface area contributed by atoms with Crippen molar-refractivity contribution < 1.29 is 9.34 Å². The Morgan fingerprint density at radius 2 is 2.30 bits per heavy atom. The Balaban J connectivity index is 2.26. The van der Waals surface area contributed by atoms with E-state index in [1.807, 2.05) is 24.9 Å². The van der Waals surface area contributed by atoms with Crippen LogP contribution in [0.15, 0.2) is 35.1 Å². The molecular weight excluding hydrogens is 260 g/mol. The Morgan fingerprint density at radius 1 is 1.50 bits per heavy atom. The highest BCUT2D eigenvalue weighted by Crippen LogP contribution is 2.23. The van der Waals surface area contributed by atoms with Gasteiger partial charge in [0.1, 0.15) is 11.6 Å². The maximum absolute atomic E-state index is 11.0. The van der Waals surface area contributed by atoms with Crippen molar-refractivity contribution in [3.8, 4) is 0 Å². The summed E-state index contributed by atoms with van der Waals surface area (Å²) < 4.78 is 5.01. The summed E-state index contributed by atoms with van der Waals surface area (Å²) >= 11 is 0. The van der Waals surface area contributed by atoms with Gasteiger partial charge in [-0.05, 0) is 13.0 Å². The Bertz CT molecular complexity index is 583. The number of nitrogens with one attached hydrogen (secondary N) is 1. The number of pyridine rings is 1. The van der Waals surface area contributed by atoms with Crippen LogP contribution in [0.4, 0.5) is 17.3 Å². The molecular formula is C13H16N4O3. The lowest BCUT2D eigenvalue weighted by Gasteiger charge is -2.18. The molecule has 2 aromatic rings. The number of hydrogen-bond donors (Lipinski definition) is 1. The second-order valence-electron chi connectivity index (χ2n) is 4.34. The zero-order chi connectivity index (χ0) is 14.5. The molecule has 0 aliphatic heterocycles. The highest BCUT2D eigenvalue weighted by atomic mass is 16.6. The van der Waals surface area contributed by atoms with Crippen LogP contribution in [0.1, 0.15) is 12.5 Å². The van der Waals surface area contributed by atoms with Crippen LogP contribution in [-0.4, -0.2) is 23.5 Å². The standard InChI is InChI=1S/C13H16N4O3/c1-3-14-12-6-11(17(18)19)7-13(15-12)16(2)8-10-4-5-20-9-10/h4-7,9H,3,8H2,1-2H3,(H,14,15). The molecule has 2 rings (SSSR count). The molecule has 7 nitrogen and oxygen atoms in total. The fraction of sp³-hybridized carbons (Fsp3) is 0.308. The molecule has 20 heavy (non-hydrogen) atoms. The van der Waals surface area contributed by atoms with Gasteiger partial charge >= 0.3 is 0 Å². The molecule has 0 radical (unpaired) electrons. The van der Waals surface area contributed by atoms with Crippen LogP contribution in [0.2, 0.25) is 0 Å². The minimum atomic E-state index is -0.419. The maximum atomic E-state index is 11.0. The van der Waals surface area contributed by atoms with Crippen LogP contribution >= 0.6 is 0 Å². The van der Waals surface area contributed by atoms with E-state index in [1.54, 1.807) is 12.5 Å². The zero-order valence-electron chi connectivity index (χ0n) is 11.4. The first-order chi connectivity index (χ1) is 9.60. The second kappa shape index (κ2) is 6.05. The van der Waals surface area contributed by atoms with Crippen LogP contribution in [0, 0.1) is 10.1 Å². The van der Waals surface area contributed by atoms with Crippen molar-refractivity contribution in [2.75, 3.05) is 23.8 Å². The first-order valence-electron chi connectivity index (χ1n) is 6.22. The highest BCUT2D eigenvalue weighted by Gasteiger charge is 2.14. The van der Waals surface area contributed by atoms with Crippen LogP contribution < -0.4 is 10.2 Å². The van der Waals surface area contributed by atoms with Crippen molar-refractivity contribution >= 4 is 17.3 Å². The molecule has 0 spiro atoms. The van der Waals surface area contributed by atoms with Crippen molar-refractivity contribution in [1.82, 2.24) is 4.98 Å². The summed E-state index contributed by atoms with van der Waals surface area (Å²) in [6.45, 7) is 3.13. The van der Waals surface area contributed by atoms with Gasteiger partial charge in [-0.15, -0.1) is 0 Å². The highest BCUT2D eigenvalue weighted by molar-refractivity contribution is 5.55. The quantitative estimate of drug-likeness (QED) is 0.645. The number of aromatic nitrogens is 1. The number of rotatable bonds is 6. The molecule has 0 bridgehead atoms. The molecule has 2 heterocycles. The van der Waals surface area contributed by atoms with E-state index in [4.69, 9.17) is 4.42 Å². The molecule has 0 amide bonds. The third kappa shape index (κ3) is 3.25. The van der Waals surface area contributed by atoms with Crippen molar-refractivity contribution in [2.24, 2.45) is 0 Å². The molecule has 0 atom stereocenters. The summed E-state index contributed by atoms with van der Waals surface area (Å²) in [5.41, 5.74) is 0.996. The maximum Gasteiger partial charge on any atom is 0.276 e. The lowest BCUT2D eigenvalue weighted by molar-refractivity contribution is -0.384. The third-order valence-corrected chi connectivity index (χ3v) is 2.76. The molecule has 0 saturated heterocycles. The first kappa shape index (κ1) is 13.9. The molecule has 0 fully saturated rings. The normalized spacial score (nSPS) is 10.3. The van der Waals surface area contributed by atoms with Crippen molar-refractivity contribution in [1.29, 1.82) is 0 Å². The topological polar surface area (TPSA) is 84.4 Å². The number of anilines is 2. The molecule has 0 saturated carbocycles. The van der Waals surface area contributed by atoms with Gasteiger partial charge in [-0.1, -0.05) is 0 Å². The molecule has 0 aliphatic rings. The van der Waals surface area contributed by atoms with E-state index < -0.39 is 4.92 Å². The van der Waals surface area contributed by atoms with Crippen molar-refractivity contribution in [3.63, 3.8) is 0 Å². The number of nitro groups is 1. The van der Waals surface area contributed by atoms with E-state index in [2.05, 4.69) is 10.3 Å². The van der Waals surface area contributed by atoms with E-state index in [0.717, 1.165) is 5.56 Å². The predicted molar refractivity (Wildman–Crippen MR) is 75.9 cm³/mol. The molecule has 106 valence electrons. The molecule has 0 aromatic carbocycles. The lowest BCUT2D eigenvalue weighted by Crippen LogP contribution is -2.18. The Morgan fingerprint density at radius 3 is 2.90 bits per heavy atom. The summed E-state index contributed by atoms with van der Waals surface area (Å²) in [5, 5.41) is 14.0. The van der Waals surface area contributed by atoms with Gasteiger partial charge in [0.05, 0.1) is 29.6 Å².